The maximum absolute atomic E-state index is 5.31. The van der Waals surface area contributed by atoms with E-state index in [0.717, 1.165) is 17.9 Å². The van der Waals surface area contributed by atoms with E-state index in [2.05, 4.69) is 22.3 Å². The Kier molecular flexibility index (Phi) is 4.04. The lowest BCUT2D eigenvalue weighted by Crippen LogP contribution is -2.03. The number of ether oxygens (including phenoxy) is 1. The van der Waals surface area contributed by atoms with Gasteiger partial charge >= 0.3 is 0 Å². The number of pyridine rings is 1. The summed E-state index contributed by atoms with van der Waals surface area (Å²) in [6.07, 6.45) is 1.78. The molecular weight excluding hydrogens is 240 g/mol. The Labute approximate surface area is 113 Å². The molecule has 0 saturated heterocycles. The quantitative estimate of drug-likeness (QED) is 0.897. The summed E-state index contributed by atoms with van der Waals surface area (Å²) in [6.45, 7) is 7.44. The SMILES string of the molecule is CCOc1ccc(NCc2c(C)nn(C)c2C)cn1. The molecule has 0 aliphatic carbocycles. The molecule has 2 aromatic heterocycles. The molecule has 19 heavy (non-hydrogen) atoms. The summed E-state index contributed by atoms with van der Waals surface area (Å²) in [5.41, 5.74) is 4.46. The molecule has 0 spiro atoms. The van der Waals surface area contributed by atoms with Gasteiger partial charge in [0.15, 0.2) is 0 Å². The average Bonchev–Trinajstić information content (AvgIpc) is 2.64. The van der Waals surface area contributed by atoms with Crippen LogP contribution in [0.5, 0.6) is 5.88 Å². The first-order valence-electron chi connectivity index (χ1n) is 6.43. The van der Waals surface area contributed by atoms with Crippen LogP contribution in [0.2, 0.25) is 0 Å². The Morgan fingerprint density at radius 1 is 1.32 bits per heavy atom. The molecule has 102 valence electrons. The lowest BCUT2D eigenvalue weighted by atomic mass is 10.2. The van der Waals surface area contributed by atoms with Gasteiger partial charge in [-0.3, -0.25) is 4.68 Å². The van der Waals surface area contributed by atoms with E-state index in [4.69, 9.17) is 4.74 Å². The van der Waals surface area contributed by atoms with Crippen molar-refractivity contribution in [3.8, 4) is 5.88 Å². The molecule has 0 radical (unpaired) electrons. The zero-order valence-corrected chi connectivity index (χ0v) is 11.9. The molecule has 0 aliphatic rings. The van der Waals surface area contributed by atoms with Crippen LogP contribution >= 0.6 is 0 Å². The highest BCUT2D eigenvalue weighted by Crippen LogP contribution is 2.16. The maximum atomic E-state index is 5.31. The Bertz CT molecular complexity index is 545. The van der Waals surface area contributed by atoms with E-state index in [1.807, 2.05) is 37.7 Å². The van der Waals surface area contributed by atoms with Gasteiger partial charge in [0.2, 0.25) is 5.88 Å². The van der Waals surface area contributed by atoms with Gasteiger partial charge in [0.05, 0.1) is 24.2 Å². The van der Waals surface area contributed by atoms with Crippen molar-refractivity contribution in [2.75, 3.05) is 11.9 Å². The van der Waals surface area contributed by atoms with E-state index in [1.54, 1.807) is 6.20 Å². The van der Waals surface area contributed by atoms with Gasteiger partial charge in [0, 0.05) is 30.9 Å². The zero-order chi connectivity index (χ0) is 13.8. The fourth-order valence-corrected chi connectivity index (χ4v) is 1.98. The molecule has 0 bridgehead atoms. The summed E-state index contributed by atoms with van der Waals surface area (Å²) in [6, 6.07) is 3.84. The van der Waals surface area contributed by atoms with Crippen molar-refractivity contribution in [2.45, 2.75) is 27.3 Å². The van der Waals surface area contributed by atoms with Crippen LogP contribution in [0.25, 0.3) is 0 Å². The second-order valence-corrected chi connectivity index (χ2v) is 4.44. The van der Waals surface area contributed by atoms with E-state index in [0.29, 0.717) is 12.5 Å². The van der Waals surface area contributed by atoms with Crippen molar-refractivity contribution in [3.63, 3.8) is 0 Å². The molecular formula is C14H20N4O. The Morgan fingerprint density at radius 2 is 2.11 bits per heavy atom. The van der Waals surface area contributed by atoms with Crippen LogP contribution < -0.4 is 10.1 Å². The van der Waals surface area contributed by atoms with E-state index < -0.39 is 0 Å². The van der Waals surface area contributed by atoms with Gasteiger partial charge in [-0.25, -0.2) is 4.98 Å². The van der Waals surface area contributed by atoms with Crippen molar-refractivity contribution >= 4 is 5.69 Å². The molecule has 2 heterocycles. The van der Waals surface area contributed by atoms with Gasteiger partial charge in [0.25, 0.3) is 0 Å². The smallest absolute Gasteiger partial charge is 0.213 e. The van der Waals surface area contributed by atoms with Crippen molar-refractivity contribution in [1.29, 1.82) is 0 Å². The highest BCUT2D eigenvalue weighted by atomic mass is 16.5. The summed E-state index contributed by atoms with van der Waals surface area (Å²) >= 11 is 0. The van der Waals surface area contributed by atoms with E-state index in [-0.39, 0.29) is 0 Å². The highest BCUT2D eigenvalue weighted by Gasteiger charge is 2.08. The van der Waals surface area contributed by atoms with Crippen LogP contribution in [-0.2, 0) is 13.6 Å². The monoisotopic (exact) mass is 260 g/mol. The highest BCUT2D eigenvalue weighted by molar-refractivity contribution is 5.43. The minimum atomic E-state index is 0.633. The van der Waals surface area contributed by atoms with Crippen LogP contribution in [0.15, 0.2) is 18.3 Å². The number of rotatable bonds is 5. The lowest BCUT2D eigenvalue weighted by Gasteiger charge is -2.07. The predicted octanol–water partition coefficient (Wildman–Crippen LogP) is 2.44. The number of aromatic nitrogens is 3. The Morgan fingerprint density at radius 3 is 2.63 bits per heavy atom. The third-order valence-electron chi connectivity index (χ3n) is 3.16. The zero-order valence-electron chi connectivity index (χ0n) is 11.9. The molecule has 5 nitrogen and oxygen atoms in total. The summed E-state index contributed by atoms with van der Waals surface area (Å²) in [4.78, 5) is 4.23. The van der Waals surface area contributed by atoms with Crippen molar-refractivity contribution < 1.29 is 4.74 Å². The molecule has 0 atom stereocenters. The number of nitrogens with one attached hydrogen (secondary N) is 1. The van der Waals surface area contributed by atoms with E-state index >= 15 is 0 Å². The fourth-order valence-electron chi connectivity index (χ4n) is 1.98. The molecule has 0 aliphatic heterocycles. The number of hydrogen-bond donors (Lipinski definition) is 1. The number of hydrogen-bond acceptors (Lipinski definition) is 4. The fraction of sp³-hybridized carbons (Fsp3) is 0.429. The number of aryl methyl sites for hydroxylation is 2. The third-order valence-corrected chi connectivity index (χ3v) is 3.16. The molecule has 5 heteroatoms. The number of anilines is 1. The first-order valence-corrected chi connectivity index (χ1v) is 6.43. The minimum Gasteiger partial charge on any atom is -0.478 e. The van der Waals surface area contributed by atoms with Gasteiger partial charge < -0.3 is 10.1 Å². The standard InChI is InChI=1S/C14H20N4O/c1-5-19-14-7-6-12(8-16-14)15-9-13-10(2)17-18(4)11(13)3/h6-8,15H,5,9H2,1-4H3. The minimum absolute atomic E-state index is 0.633. The van der Waals surface area contributed by atoms with Crippen molar-refractivity contribution in [3.05, 3.63) is 35.3 Å². The van der Waals surface area contributed by atoms with Crippen LogP contribution in [0.1, 0.15) is 23.9 Å². The summed E-state index contributed by atoms with van der Waals surface area (Å²) < 4.78 is 7.22. The second kappa shape index (κ2) is 5.73. The molecule has 0 saturated carbocycles. The molecule has 2 rings (SSSR count). The molecule has 1 N–H and O–H groups in total. The summed E-state index contributed by atoms with van der Waals surface area (Å²) in [7, 11) is 1.96. The Balaban J connectivity index is 2.02. The topological polar surface area (TPSA) is 52.0 Å². The predicted molar refractivity (Wildman–Crippen MR) is 75.4 cm³/mol. The van der Waals surface area contributed by atoms with E-state index in [9.17, 15) is 0 Å². The first-order chi connectivity index (χ1) is 9.11. The van der Waals surface area contributed by atoms with Gasteiger partial charge in [-0.2, -0.15) is 5.10 Å². The van der Waals surface area contributed by atoms with Crippen molar-refractivity contribution in [2.24, 2.45) is 7.05 Å². The molecule has 0 amide bonds. The van der Waals surface area contributed by atoms with Crippen LogP contribution in [0.3, 0.4) is 0 Å². The first kappa shape index (κ1) is 13.4. The Hall–Kier alpha value is -2.04. The van der Waals surface area contributed by atoms with Crippen LogP contribution in [-0.4, -0.2) is 21.4 Å². The van der Waals surface area contributed by atoms with Gasteiger partial charge in [-0.1, -0.05) is 0 Å². The number of nitrogens with zero attached hydrogens (tertiary/aromatic N) is 3. The maximum Gasteiger partial charge on any atom is 0.213 e. The van der Waals surface area contributed by atoms with Gasteiger partial charge in [-0.05, 0) is 26.8 Å². The van der Waals surface area contributed by atoms with Gasteiger partial charge in [-0.15, -0.1) is 0 Å². The normalized spacial score (nSPS) is 10.5. The second-order valence-electron chi connectivity index (χ2n) is 4.44. The van der Waals surface area contributed by atoms with E-state index in [1.165, 1.54) is 11.3 Å². The van der Waals surface area contributed by atoms with Crippen LogP contribution in [0.4, 0.5) is 5.69 Å². The molecule has 0 aromatic carbocycles. The van der Waals surface area contributed by atoms with Gasteiger partial charge in [0.1, 0.15) is 0 Å². The summed E-state index contributed by atoms with van der Waals surface area (Å²) in [5, 5.41) is 7.76. The van der Waals surface area contributed by atoms with Crippen molar-refractivity contribution in [1.82, 2.24) is 14.8 Å². The van der Waals surface area contributed by atoms with Crippen LogP contribution in [0, 0.1) is 13.8 Å². The molecule has 2 aromatic rings. The summed E-state index contributed by atoms with van der Waals surface area (Å²) in [5.74, 6) is 0.654. The third kappa shape index (κ3) is 3.05. The molecule has 0 unspecified atom stereocenters. The molecule has 0 fully saturated rings. The largest absolute Gasteiger partial charge is 0.478 e. The lowest BCUT2D eigenvalue weighted by molar-refractivity contribution is 0.327. The average molecular weight is 260 g/mol.